The molecule has 2 aromatic heterocycles. The maximum Gasteiger partial charge on any atom is 0.153 e. The summed E-state index contributed by atoms with van der Waals surface area (Å²) in [6.45, 7) is 6.24. The number of nitrogens with zero attached hydrogens (tertiary/aromatic N) is 4. The lowest BCUT2D eigenvalue weighted by atomic mass is 10.1. The van der Waals surface area contributed by atoms with Gasteiger partial charge in [0, 0.05) is 55.2 Å². The fourth-order valence-corrected chi connectivity index (χ4v) is 5.39. The molecule has 1 aliphatic rings. The van der Waals surface area contributed by atoms with Gasteiger partial charge in [0.2, 0.25) is 0 Å². The topological polar surface area (TPSA) is 58.0 Å². The monoisotopic (exact) mass is 444 g/mol. The Morgan fingerprint density at radius 1 is 1.20 bits per heavy atom. The van der Waals surface area contributed by atoms with Gasteiger partial charge in [0.25, 0.3) is 0 Å². The molecule has 2 N–H and O–H groups in total. The van der Waals surface area contributed by atoms with Crippen molar-refractivity contribution in [3.05, 3.63) is 41.3 Å². The van der Waals surface area contributed by atoms with Crippen LogP contribution in [-0.4, -0.2) is 39.3 Å². The first-order valence-corrected chi connectivity index (χ1v) is 11.0. The Hall–Kier alpha value is -2.42. The SMILES string of the molecule is C[C@H]1CN(c2cc(Cl)c3c(Nc4cc(F)c5nn(C)cc5c4)nsc3c2)C[C@H](C)N1. The Morgan fingerprint density at radius 2 is 1.97 bits per heavy atom. The molecule has 0 unspecified atom stereocenters. The molecule has 5 rings (SSSR count). The number of benzene rings is 2. The van der Waals surface area contributed by atoms with Gasteiger partial charge in [-0.15, -0.1) is 0 Å². The van der Waals surface area contributed by atoms with Gasteiger partial charge in [-0.2, -0.15) is 9.47 Å². The van der Waals surface area contributed by atoms with Gasteiger partial charge in [0.1, 0.15) is 5.52 Å². The first-order valence-electron chi connectivity index (χ1n) is 9.87. The largest absolute Gasteiger partial charge is 0.368 e. The minimum Gasteiger partial charge on any atom is -0.368 e. The van der Waals surface area contributed by atoms with Crippen LogP contribution in [-0.2, 0) is 7.05 Å². The lowest BCUT2D eigenvalue weighted by Crippen LogP contribution is -2.54. The zero-order chi connectivity index (χ0) is 21.0. The zero-order valence-corrected chi connectivity index (χ0v) is 18.5. The summed E-state index contributed by atoms with van der Waals surface area (Å²) in [6, 6.07) is 8.27. The summed E-state index contributed by atoms with van der Waals surface area (Å²) in [6.07, 6.45) is 1.79. The molecule has 30 heavy (non-hydrogen) atoms. The highest BCUT2D eigenvalue weighted by molar-refractivity contribution is 7.14. The summed E-state index contributed by atoms with van der Waals surface area (Å²) in [7, 11) is 1.78. The van der Waals surface area contributed by atoms with E-state index >= 15 is 0 Å². The van der Waals surface area contributed by atoms with E-state index in [1.807, 2.05) is 12.1 Å². The molecule has 4 aromatic rings. The van der Waals surface area contributed by atoms with Crippen LogP contribution < -0.4 is 15.5 Å². The molecule has 2 atom stereocenters. The third-order valence-corrected chi connectivity index (χ3v) is 6.46. The van der Waals surface area contributed by atoms with E-state index < -0.39 is 0 Å². The second kappa shape index (κ2) is 7.37. The van der Waals surface area contributed by atoms with E-state index in [1.165, 1.54) is 17.6 Å². The van der Waals surface area contributed by atoms with Crippen LogP contribution in [0.3, 0.4) is 0 Å². The van der Waals surface area contributed by atoms with Crippen LogP contribution in [0, 0.1) is 5.82 Å². The molecule has 1 saturated heterocycles. The number of aryl methyl sites for hydroxylation is 1. The van der Waals surface area contributed by atoms with Crippen molar-refractivity contribution in [1.29, 1.82) is 0 Å². The summed E-state index contributed by atoms with van der Waals surface area (Å²) in [4.78, 5) is 2.36. The maximum absolute atomic E-state index is 14.4. The molecule has 0 saturated carbocycles. The summed E-state index contributed by atoms with van der Waals surface area (Å²) >= 11 is 8.08. The fraction of sp³-hybridized carbons (Fsp3) is 0.333. The lowest BCUT2D eigenvalue weighted by molar-refractivity contribution is 0.407. The number of hydrogen-bond donors (Lipinski definition) is 2. The average Bonchev–Trinajstić information content (AvgIpc) is 3.24. The van der Waals surface area contributed by atoms with Crippen molar-refractivity contribution >= 4 is 61.3 Å². The predicted molar refractivity (Wildman–Crippen MR) is 123 cm³/mol. The molecular weight excluding hydrogens is 423 g/mol. The molecule has 1 fully saturated rings. The van der Waals surface area contributed by atoms with E-state index in [0.29, 0.717) is 34.1 Å². The molecule has 3 heterocycles. The molecule has 1 aliphatic heterocycles. The molecular formula is C21H22ClFN6S. The first kappa shape index (κ1) is 19.5. The van der Waals surface area contributed by atoms with Crippen LogP contribution in [0.15, 0.2) is 30.5 Å². The maximum atomic E-state index is 14.4. The molecule has 6 nitrogen and oxygen atoms in total. The summed E-state index contributed by atoms with van der Waals surface area (Å²) in [5.41, 5.74) is 2.07. The van der Waals surface area contributed by atoms with Crippen molar-refractivity contribution in [2.24, 2.45) is 7.05 Å². The van der Waals surface area contributed by atoms with Crippen LogP contribution >= 0.6 is 23.1 Å². The Bertz CT molecular complexity index is 1240. The van der Waals surface area contributed by atoms with Gasteiger partial charge in [-0.05, 0) is 49.6 Å². The smallest absolute Gasteiger partial charge is 0.153 e. The van der Waals surface area contributed by atoms with Gasteiger partial charge in [-0.1, -0.05) is 11.6 Å². The first-order chi connectivity index (χ1) is 14.4. The Morgan fingerprint density at radius 3 is 2.73 bits per heavy atom. The minimum atomic E-state index is -0.370. The van der Waals surface area contributed by atoms with E-state index in [1.54, 1.807) is 17.9 Å². The Kier molecular flexibility index (Phi) is 4.80. The molecule has 9 heteroatoms. The zero-order valence-electron chi connectivity index (χ0n) is 16.9. The molecule has 0 bridgehead atoms. The Balaban J connectivity index is 1.49. The van der Waals surface area contributed by atoms with E-state index in [4.69, 9.17) is 11.6 Å². The summed E-state index contributed by atoms with van der Waals surface area (Å²) in [5.74, 6) is 0.265. The van der Waals surface area contributed by atoms with Crippen molar-refractivity contribution in [2.75, 3.05) is 23.3 Å². The minimum absolute atomic E-state index is 0.355. The van der Waals surface area contributed by atoms with Crippen LogP contribution in [0.4, 0.5) is 21.6 Å². The van der Waals surface area contributed by atoms with Crippen molar-refractivity contribution in [3.8, 4) is 0 Å². The highest BCUT2D eigenvalue weighted by Gasteiger charge is 2.23. The van der Waals surface area contributed by atoms with E-state index in [2.05, 4.69) is 44.9 Å². The molecule has 0 spiro atoms. The molecule has 0 amide bonds. The summed E-state index contributed by atoms with van der Waals surface area (Å²) in [5, 5.41) is 13.2. The van der Waals surface area contributed by atoms with Gasteiger partial charge in [0.05, 0.1) is 15.1 Å². The van der Waals surface area contributed by atoms with E-state index in [9.17, 15) is 4.39 Å². The number of nitrogens with one attached hydrogen (secondary N) is 2. The van der Waals surface area contributed by atoms with Crippen molar-refractivity contribution < 1.29 is 4.39 Å². The molecule has 2 aromatic carbocycles. The third kappa shape index (κ3) is 3.49. The van der Waals surface area contributed by atoms with Crippen molar-refractivity contribution in [3.63, 3.8) is 0 Å². The van der Waals surface area contributed by atoms with Gasteiger partial charge in [0.15, 0.2) is 11.6 Å². The third-order valence-electron chi connectivity index (χ3n) is 5.37. The number of anilines is 3. The molecule has 0 aliphatic carbocycles. The normalized spacial score (nSPS) is 19.7. The van der Waals surface area contributed by atoms with Crippen molar-refractivity contribution in [1.82, 2.24) is 19.5 Å². The standard InChI is InChI=1S/C21H22ClFN6S/c1-11-8-29(9-12(2)24-11)15-6-16(22)19-18(7-15)30-27-21(19)25-14-4-13-10-28(3)26-20(13)17(23)5-14/h4-7,10-12,24H,8-9H2,1-3H3,(H,25,27)/t11-,12-/m0/s1. The number of piperazine rings is 1. The lowest BCUT2D eigenvalue weighted by Gasteiger charge is -2.37. The predicted octanol–water partition coefficient (Wildman–Crippen LogP) is 4.91. The number of fused-ring (bicyclic) bond motifs is 2. The molecule has 156 valence electrons. The number of hydrogen-bond acceptors (Lipinski definition) is 6. The van der Waals surface area contributed by atoms with Crippen LogP contribution in [0.2, 0.25) is 5.02 Å². The second-order valence-electron chi connectivity index (χ2n) is 8.03. The van der Waals surface area contributed by atoms with E-state index in [-0.39, 0.29) is 5.82 Å². The average molecular weight is 445 g/mol. The number of rotatable bonds is 3. The summed E-state index contributed by atoms with van der Waals surface area (Å²) < 4.78 is 21.6. The van der Waals surface area contributed by atoms with Crippen LogP contribution in [0.5, 0.6) is 0 Å². The molecule has 0 radical (unpaired) electrons. The van der Waals surface area contributed by atoms with Gasteiger partial charge in [-0.25, -0.2) is 4.39 Å². The quantitative estimate of drug-likeness (QED) is 0.470. The highest BCUT2D eigenvalue weighted by Crippen LogP contribution is 2.38. The fourth-order valence-electron chi connectivity index (χ4n) is 4.24. The van der Waals surface area contributed by atoms with E-state index in [0.717, 1.165) is 34.2 Å². The highest BCUT2D eigenvalue weighted by atomic mass is 35.5. The number of halogens is 2. The van der Waals surface area contributed by atoms with Gasteiger partial charge < -0.3 is 15.5 Å². The van der Waals surface area contributed by atoms with Crippen LogP contribution in [0.1, 0.15) is 13.8 Å². The number of aromatic nitrogens is 3. The van der Waals surface area contributed by atoms with Crippen LogP contribution in [0.25, 0.3) is 21.0 Å². The van der Waals surface area contributed by atoms with Gasteiger partial charge in [-0.3, -0.25) is 4.68 Å². The van der Waals surface area contributed by atoms with Crippen molar-refractivity contribution in [2.45, 2.75) is 25.9 Å². The Labute approximate surface area is 182 Å². The van der Waals surface area contributed by atoms with Gasteiger partial charge >= 0.3 is 0 Å². The second-order valence-corrected chi connectivity index (χ2v) is 9.24.